The fourth-order valence-corrected chi connectivity index (χ4v) is 4.08. The lowest BCUT2D eigenvalue weighted by molar-refractivity contribution is -0.119. The Bertz CT molecular complexity index is 984. The van der Waals surface area contributed by atoms with E-state index < -0.39 is 0 Å². The highest BCUT2D eigenvalue weighted by atomic mass is 35.5. The number of ketones is 1. The van der Waals surface area contributed by atoms with Gasteiger partial charge in [-0.1, -0.05) is 23.7 Å². The van der Waals surface area contributed by atoms with Gasteiger partial charge in [0.1, 0.15) is 0 Å². The lowest BCUT2D eigenvalue weighted by atomic mass is 9.77. The second-order valence-corrected chi connectivity index (χ2v) is 7.27. The van der Waals surface area contributed by atoms with Crippen LogP contribution in [0, 0.1) is 11.3 Å². The summed E-state index contributed by atoms with van der Waals surface area (Å²) >= 11 is 6.00. The lowest BCUT2D eigenvalue weighted by Gasteiger charge is -2.38. The van der Waals surface area contributed by atoms with Gasteiger partial charge in [-0.2, -0.15) is 5.26 Å². The number of carbonyl (C=O) groups excluding carboxylic acids is 2. The van der Waals surface area contributed by atoms with Crippen LogP contribution in [0.25, 0.3) is 0 Å². The predicted octanol–water partition coefficient (Wildman–Crippen LogP) is 4.74. The number of halogens is 1. The molecule has 2 aromatic rings. The van der Waals surface area contributed by atoms with Crippen LogP contribution in [0.4, 0.5) is 5.69 Å². The maximum absolute atomic E-state index is 13.1. The first kappa shape index (κ1) is 17.5. The predicted molar refractivity (Wildman–Crippen MR) is 103 cm³/mol. The molecule has 0 fully saturated rings. The molecule has 4 nitrogen and oxygen atoms in total. The van der Waals surface area contributed by atoms with Crippen molar-refractivity contribution in [3.05, 3.63) is 76.0 Å². The van der Waals surface area contributed by atoms with Crippen LogP contribution in [-0.2, 0) is 9.59 Å². The number of carbonyl (C=O) groups is 2. The smallest absolute Gasteiger partial charge is 0.232 e. The van der Waals surface area contributed by atoms with Crippen LogP contribution in [0.1, 0.15) is 42.7 Å². The third kappa shape index (κ3) is 3.15. The summed E-state index contributed by atoms with van der Waals surface area (Å²) < 4.78 is 0. The molecular formula is C22H17ClN2O2. The zero-order valence-corrected chi connectivity index (χ0v) is 15.4. The Morgan fingerprint density at radius 3 is 2.37 bits per heavy atom. The Morgan fingerprint density at radius 1 is 1.00 bits per heavy atom. The molecule has 0 spiro atoms. The summed E-state index contributed by atoms with van der Waals surface area (Å²) in [5.41, 5.74) is 3.72. The second kappa shape index (κ2) is 7.02. The third-order valence-corrected chi connectivity index (χ3v) is 5.45. The average molecular weight is 377 g/mol. The molecule has 1 amide bonds. The molecule has 0 N–H and O–H groups in total. The van der Waals surface area contributed by atoms with Crippen LogP contribution < -0.4 is 4.90 Å². The number of benzene rings is 2. The summed E-state index contributed by atoms with van der Waals surface area (Å²) in [4.78, 5) is 27.5. The summed E-state index contributed by atoms with van der Waals surface area (Å²) in [5, 5.41) is 9.63. The molecule has 1 atom stereocenters. The van der Waals surface area contributed by atoms with E-state index in [4.69, 9.17) is 16.9 Å². The molecule has 0 aromatic heterocycles. The topological polar surface area (TPSA) is 61.2 Å². The minimum atomic E-state index is -0.229. The van der Waals surface area contributed by atoms with E-state index in [1.807, 2.05) is 12.1 Å². The van der Waals surface area contributed by atoms with Gasteiger partial charge in [-0.15, -0.1) is 0 Å². The van der Waals surface area contributed by atoms with Gasteiger partial charge in [0.25, 0.3) is 0 Å². The van der Waals surface area contributed by atoms with Gasteiger partial charge in [-0.05, 0) is 54.8 Å². The molecule has 0 bridgehead atoms. The van der Waals surface area contributed by atoms with Crippen LogP contribution in [0.2, 0.25) is 5.02 Å². The molecule has 5 heteroatoms. The molecule has 1 heterocycles. The van der Waals surface area contributed by atoms with Gasteiger partial charge < -0.3 is 0 Å². The Labute approximate surface area is 162 Å². The normalized spacial score (nSPS) is 19.7. The largest absolute Gasteiger partial charge is 0.294 e. The summed E-state index contributed by atoms with van der Waals surface area (Å²) in [6.45, 7) is 0. The van der Waals surface area contributed by atoms with Crippen LogP contribution >= 0.6 is 11.6 Å². The third-order valence-electron chi connectivity index (χ3n) is 5.20. The van der Waals surface area contributed by atoms with E-state index in [0.717, 1.165) is 23.3 Å². The number of hydrogen-bond donors (Lipinski definition) is 0. The van der Waals surface area contributed by atoms with E-state index in [-0.39, 0.29) is 24.0 Å². The van der Waals surface area contributed by atoms with Gasteiger partial charge >= 0.3 is 0 Å². The second-order valence-electron chi connectivity index (χ2n) is 6.83. The fourth-order valence-electron chi connectivity index (χ4n) is 3.96. The SMILES string of the molecule is N#Cc1ccc(N2C(=O)CC(c3ccc(Cl)cc3)C3=C2CCCC3=O)cc1. The zero-order chi connectivity index (χ0) is 19.0. The van der Waals surface area contributed by atoms with E-state index in [1.54, 1.807) is 41.3 Å². The average Bonchev–Trinajstić information content (AvgIpc) is 2.68. The molecule has 27 heavy (non-hydrogen) atoms. The quantitative estimate of drug-likeness (QED) is 0.760. The maximum atomic E-state index is 13.1. The zero-order valence-electron chi connectivity index (χ0n) is 14.6. The Kier molecular flexibility index (Phi) is 4.55. The first-order valence-electron chi connectivity index (χ1n) is 8.93. The Hall–Kier alpha value is -2.90. The van der Waals surface area contributed by atoms with Crippen LogP contribution in [0.15, 0.2) is 59.8 Å². The highest BCUT2D eigenvalue weighted by Crippen LogP contribution is 2.43. The number of rotatable bonds is 2. The minimum absolute atomic E-state index is 0.0342. The van der Waals surface area contributed by atoms with E-state index in [1.165, 1.54) is 0 Å². The number of nitriles is 1. The molecule has 2 aliphatic rings. The molecule has 0 radical (unpaired) electrons. The molecule has 1 aliphatic heterocycles. The van der Waals surface area contributed by atoms with Crippen molar-refractivity contribution in [3.63, 3.8) is 0 Å². The monoisotopic (exact) mass is 376 g/mol. The summed E-state index contributed by atoms with van der Waals surface area (Å²) in [5.74, 6) is -0.150. The van der Waals surface area contributed by atoms with Crippen LogP contribution in [-0.4, -0.2) is 11.7 Å². The van der Waals surface area contributed by atoms with Crippen molar-refractivity contribution >= 4 is 29.0 Å². The molecule has 2 aromatic carbocycles. The van der Waals surface area contributed by atoms with E-state index in [2.05, 4.69) is 6.07 Å². The number of allylic oxidation sites excluding steroid dienone is 2. The molecule has 0 saturated heterocycles. The number of anilines is 1. The number of nitrogens with zero attached hydrogens (tertiary/aromatic N) is 2. The Balaban J connectivity index is 1.82. The van der Waals surface area contributed by atoms with Crippen LogP contribution in [0.3, 0.4) is 0 Å². The number of amides is 1. The van der Waals surface area contributed by atoms with Crippen molar-refractivity contribution in [2.75, 3.05) is 4.90 Å². The van der Waals surface area contributed by atoms with Crippen molar-refractivity contribution in [3.8, 4) is 6.07 Å². The van der Waals surface area contributed by atoms with Gasteiger partial charge in [-0.25, -0.2) is 0 Å². The highest BCUT2D eigenvalue weighted by Gasteiger charge is 2.39. The van der Waals surface area contributed by atoms with Crippen molar-refractivity contribution in [1.82, 2.24) is 0 Å². The van der Waals surface area contributed by atoms with Gasteiger partial charge in [0, 0.05) is 40.7 Å². The maximum Gasteiger partial charge on any atom is 0.232 e. The van der Waals surface area contributed by atoms with E-state index >= 15 is 0 Å². The molecule has 0 saturated carbocycles. The van der Waals surface area contributed by atoms with Gasteiger partial charge in [0.15, 0.2) is 5.78 Å². The summed E-state index contributed by atoms with van der Waals surface area (Å²) in [6.07, 6.45) is 2.19. The first-order chi connectivity index (χ1) is 13.1. The van der Waals surface area contributed by atoms with Gasteiger partial charge in [-0.3, -0.25) is 14.5 Å². The van der Waals surface area contributed by atoms with Crippen molar-refractivity contribution in [2.24, 2.45) is 0 Å². The van der Waals surface area contributed by atoms with Gasteiger partial charge in [0.2, 0.25) is 5.91 Å². The van der Waals surface area contributed by atoms with E-state index in [9.17, 15) is 9.59 Å². The Morgan fingerprint density at radius 2 is 1.70 bits per heavy atom. The van der Waals surface area contributed by atoms with Crippen molar-refractivity contribution in [1.29, 1.82) is 5.26 Å². The summed E-state index contributed by atoms with van der Waals surface area (Å²) in [7, 11) is 0. The molecule has 1 aliphatic carbocycles. The van der Waals surface area contributed by atoms with Gasteiger partial charge in [0.05, 0.1) is 11.6 Å². The highest BCUT2D eigenvalue weighted by molar-refractivity contribution is 6.30. The van der Waals surface area contributed by atoms with Crippen molar-refractivity contribution in [2.45, 2.75) is 31.6 Å². The molecule has 4 rings (SSSR count). The standard InChI is InChI=1S/C22H17ClN2O2/c23-16-8-6-15(7-9-16)18-12-21(27)25(17-10-4-14(13-24)5-11-17)19-2-1-3-20(26)22(18)19/h4-11,18H,1-3,12H2. The number of Topliss-reactive ketones (excluding diaryl/α,β-unsaturated/α-hetero) is 1. The molecule has 134 valence electrons. The molecule has 1 unspecified atom stereocenters. The minimum Gasteiger partial charge on any atom is -0.294 e. The lowest BCUT2D eigenvalue weighted by Crippen LogP contribution is -2.40. The first-order valence-corrected chi connectivity index (χ1v) is 9.31. The fraction of sp³-hybridized carbons (Fsp3) is 0.227. The van der Waals surface area contributed by atoms with Crippen molar-refractivity contribution < 1.29 is 9.59 Å². The number of hydrogen-bond acceptors (Lipinski definition) is 3. The molecular weight excluding hydrogens is 360 g/mol. The van der Waals surface area contributed by atoms with Crippen LogP contribution in [0.5, 0.6) is 0 Å². The summed E-state index contributed by atoms with van der Waals surface area (Å²) in [6, 6.07) is 16.4. The van der Waals surface area contributed by atoms with E-state index in [0.29, 0.717) is 29.1 Å².